The molecular weight excluding hydrogens is 264 g/mol. The maximum atomic E-state index is 12.5. The minimum absolute atomic E-state index is 0.0184. The Morgan fingerprint density at radius 2 is 2.14 bits per heavy atom. The van der Waals surface area contributed by atoms with Crippen molar-refractivity contribution in [3.63, 3.8) is 0 Å². The lowest BCUT2D eigenvalue weighted by Gasteiger charge is -2.17. The second-order valence-corrected chi connectivity index (χ2v) is 5.80. The summed E-state index contributed by atoms with van der Waals surface area (Å²) in [6.45, 7) is 4.11. The summed E-state index contributed by atoms with van der Waals surface area (Å²) in [7, 11) is 0. The fourth-order valence-electron chi connectivity index (χ4n) is 3.05. The van der Waals surface area contributed by atoms with E-state index in [0.29, 0.717) is 11.4 Å². The molecule has 0 spiro atoms. The summed E-state index contributed by atoms with van der Waals surface area (Å²) >= 11 is 0. The van der Waals surface area contributed by atoms with E-state index in [0.717, 1.165) is 24.0 Å². The van der Waals surface area contributed by atoms with Gasteiger partial charge in [0.05, 0.1) is 6.04 Å². The molecule has 3 rings (SSSR count). The number of aromatic hydroxyl groups is 1. The van der Waals surface area contributed by atoms with Gasteiger partial charge in [-0.25, -0.2) is 0 Å². The van der Waals surface area contributed by atoms with Crippen LogP contribution in [-0.2, 0) is 6.42 Å². The van der Waals surface area contributed by atoms with Gasteiger partial charge in [0.2, 0.25) is 0 Å². The van der Waals surface area contributed by atoms with Crippen LogP contribution in [0.2, 0.25) is 0 Å². The minimum Gasteiger partial charge on any atom is -0.508 e. The molecule has 0 radical (unpaired) electrons. The van der Waals surface area contributed by atoms with Crippen molar-refractivity contribution in [3.05, 3.63) is 53.3 Å². The molecule has 1 atom stereocenters. The van der Waals surface area contributed by atoms with E-state index in [1.54, 1.807) is 6.07 Å². The first-order valence-corrected chi connectivity index (χ1v) is 7.36. The predicted molar refractivity (Wildman–Crippen MR) is 81.5 cm³/mol. The number of carbonyl (C=O) groups excluding carboxylic acids is 1. The zero-order valence-electron chi connectivity index (χ0n) is 12.3. The summed E-state index contributed by atoms with van der Waals surface area (Å²) in [6, 6.07) is 9.48. The van der Waals surface area contributed by atoms with Crippen LogP contribution in [0.25, 0.3) is 0 Å². The molecule has 0 aliphatic heterocycles. The largest absolute Gasteiger partial charge is 0.508 e. The van der Waals surface area contributed by atoms with Gasteiger partial charge in [0.25, 0.3) is 5.91 Å². The number of phenolic OH excluding ortho intramolecular Hbond substituents is 1. The quantitative estimate of drug-likeness (QED) is 0.909. The molecule has 1 amide bonds. The predicted octanol–water partition coefficient (Wildman–Crippen LogP) is 3.19. The highest BCUT2D eigenvalue weighted by Gasteiger charge is 2.27. The molecule has 4 nitrogen and oxygen atoms in total. The number of rotatable bonds is 3. The van der Waals surface area contributed by atoms with E-state index in [-0.39, 0.29) is 18.0 Å². The topological polar surface area (TPSA) is 54.3 Å². The maximum absolute atomic E-state index is 12.5. The van der Waals surface area contributed by atoms with Crippen molar-refractivity contribution in [2.45, 2.75) is 38.8 Å². The van der Waals surface area contributed by atoms with Crippen molar-refractivity contribution in [1.82, 2.24) is 9.88 Å². The second kappa shape index (κ2) is 5.28. The van der Waals surface area contributed by atoms with Crippen LogP contribution in [0.5, 0.6) is 5.75 Å². The number of carbonyl (C=O) groups is 1. The van der Waals surface area contributed by atoms with Crippen LogP contribution < -0.4 is 5.32 Å². The molecule has 0 saturated heterocycles. The number of nitrogens with one attached hydrogen (secondary N) is 1. The Balaban J connectivity index is 1.81. The molecule has 0 bridgehead atoms. The van der Waals surface area contributed by atoms with Gasteiger partial charge in [0.1, 0.15) is 11.4 Å². The first-order chi connectivity index (χ1) is 10.1. The van der Waals surface area contributed by atoms with E-state index < -0.39 is 0 Å². The van der Waals surface area contributed by atoms with Crippen LogP contribution in [0.15, 0.2) is 36.5 Å². The molecule has 2 aromatic rings. The number of fused-ring (bicyclic) bond motifs is 1. The Labute approximate surface area is 124 Å². The van der Waals surface area contributed by atoms with Crippen molar-refractivity contribution in [2.24, 2.45) is 0 Å². The third-order valence-corrected chi connectivity index (χ3v) is 4.12. The van der Waals surface area contributed by atoms with Crippen molar-refractivity contribution in [3.8, 4) is 5.75 Å². The van der Waals surface area contributed by atoms with Crippen LogP contribution in [0, 0.1) is 0 Å². The van der Waals surface area contributed by atoms with Gasteiger partial charge in [-0.05, 0) is 56.0 Å². The molecule has 110 valence electrons. The molecule has 1 unspecified atom stereocenters. The molecule has 1 aliphatic rings. The molecule has 1 heterocycles. The highest BCUT2D eigenvalue weighted by atomic mass is 16.3. The minimum atomic E-state index is -0.0603. The molecule has 0 saturated carbocycles. The van der Waals surface area contributed by atoms with Gasteiger partial charge in [-0.3, -0.25) is 4.79 Å². The summed E-state index contributed by atoms with van der Waals surface area (Å²) in [5, 5.41) is 13.0. The first kappa shape index (κ1) is 13.7. The monoisotopic (exact) mass is 284 g/mol. The van der Waals surface area contributed by atoms with E-state index in [1.807, 2.05) is 35.0 Å². The molecule has 4 heteroatoms. The van der Waals surface area contributed by atoms with E-state index in [9.17, 15) is 9.90 Å². The fraction of sp³-hybridized carbons (Fsp3) is 0.353. The highest BCUT2D eigenvalue weighted by Crippen LogP contribution is 2.36. The standard InChI is InChI=1S/C17H20N2O2/c1-11(2)19-10-4-6-15(19)17(21)18-14-9-8-13-12(14)5-3-7-16(13)20/h3-7,10-11,14,20H,8-9H2,1-2H3,(H,18,21). The average Bonchev–Trinajstić information content (AvgIpc) is 3.06. The van der Waals surface area contributed by atoms with Gasteiger partial charge in [0.15, 0.2) is 0 Å². The Morgan fingerprint density at radius 1 is 1.33 bits per heavy atom. The fourth-order valence-corrected chi connectivity index (χ4v) is 3.05. The average molecular weight is 284 g/mol. The Bertz CT molecular complexity index is 673. The van der Waals surface area contributed by atoms with Gasteiger partial charge in [-0.2, -0.15) is 0 Å². The van der Waals surface area contributed by atoms with E-state index in [4.69, 9.17) is 0 Å². The van der Waals surface area contributed by atoms with Gasteiger partial charge < -0.3 is 15.0 Å². The van der Waals surface area contributed by atoms with Gasteiger partial charge in [0, 0.05) is 12.2 Å². The number of aromatic nitrogens is 1. The SMILES string of the molecule is CC(C)n1cccc1C(=O)NC1CCc2c(O)cccc21. The number of benzene rings is 1. The lowest BCUT2D eigenvalue weighted by Crippen LogP contribution is -2.29. The van der Waals surface area contributed by atoms with E-state index in [2.05, 4.69) is 19.2 Å². The van der Waals surface area contributed by atoms with Crippen LogP contribution in [0.3, 0.4) is 0 Å². The van der Waals surface area contributed by atoms with E-state index in [1.165, 1.54) is 0 Å². The maximum Gasteiger partial charge on any atom is 0.268 e. The summed E-state index contributed by atoms with van der Waals surface area (Å²) in [5.41, 5.74) is 2.67. The van der Waals surface area contributed by atoms with Gasteiger partial charge in [-0.1, -0.05) is 12.1 Å². The number of hydrogen-bond acceptors (Lipinski definition) is 2. The summed E-state index contributed by atoms with van der Waals surface area (Å²) in [5.74, 6) is 0.268. The smallest absolute Gasteiger partial charge is 0.268 e. The number of hydrogen-bond donors (Lipinski definition) is 2. The lowest BCUT2D eigenvalue weighted by molar-refractivity contribution is 0.0926. The second-order valence-electron chi connectivity index (χ2n) is 5.80. The number of phenols is 1. The highest BCUT2D eigenvalue weighted by molar-refractivity contribution is 5.93. The summed E-state index contributed by atoms with van der Waals surface area (Å²) in [6.07, 6.45) is 3.56. The van der Waals surface area contributed by atoms with Crippen molar-refractivity contribution in [2.75, 3.05) is 0 Å². The molecular formula is C17H20N2O2. The molecule has 1 aliphatic carbocycles. The normalized spacial score (nSPS) is 17.0. The van der Waals surface area contributed by atoms with Crippen LogP contribution in [-0.4, -0.2) is 15.6 Å². The van der Waals surface area contributed by atoms with Crippen LogP contribution in [0.1, 0.15) is 54.0 Å². The Morgan fingerprint density at radius 3 is 2.90 bits per heavy atom. The molecule has 0 fully saturated rings. The van der Waals surface area contributed by atoms with E-state index >= 15 is 0 Å². The molecule has 21 heavy (non-hydrogen) atoms. The molecule has 1 aromatic carbocycles. The van der Waals surface area contributed by atoms with Gasteiger partial charge >= 0.3 is 0 Å². The third-order valence-electron chi connectivity index (χ3n) is 4.12. The molecule has 2 N–H and O–H groups in total. The number of amides is 1. The van der Waals surface area contributed by atoms with Crippen molar-refractivity contribution < 1.29 is 9.90 Å². The zero-order valence-corrected chi connectivity index (χ0v) is 12.3. The van der Waals surface area contributed by atoms with Crippen molar-refractivity contribution in [1.29, 1.82) is 0 Å². The number of nitrogens with zero attached hydrogens (tertiary/aromatic N) is 1. The Kier molecular flexibility index (Phi) is 3.45. The zero-order chi connectivity index (χ0) is 15.0. The summed E-state index contributed by atoms with van der Waals surface area (Å²) < 4.78 is 1.97. The van der Waals surface area contributed by atoms with Gasteiger partial charge in [-0.15, -0.1) is 0 Å². The summed E-state index contributed by atoms with van der Waals surface area (Å²) in [4.78, 5) is 12.5. The lowest BCUT2D eigenvalue weighted by atomic mass is 10.1. The van der Waals surface area contributed by atoms with Crippen molar-refractivity contribution >= 4 is 5.91 Å². The Hall–Kier alpha value is -2.23. The third kappa shape index (κ3) is 2.42. The van der Waals surface area contributed by atoms with Crippen LogP contribution >= 0.6 is 0 Å². The molecule has 1 aromatic heterocycles. The van der Waals surface area contributed by atoms with Crippen LogP contribution in [0.4, 0.5) is 0 Å². The first-order valence-electron chi connectivity index (χ1n) is 7.36.